The highest BCUT2D eigenvalue weighted by atomic mass is 35.5. The van der Waals surface area contributed by atoms with E-state index in [2.05, 4.69) is 4.57 Å². The summed E-state index contributed by atoms with van der Waals surface area (Å²) in [7, 11) is 0. The zero-order chi connectivity index (χ0) is 22.9. The lowest BCUT2D eigenvalue weighted by molar-refractivity contribution is 0.180. The van der Waals surface area contributed by atoms with Gasteiger partial charge in [-0.15, -0.1) is 11.8 Å². The van der Waals surface area contributed by atoms with E-state index < -0.39 is 6.10 Å². The Hall–Kier alpha value is -2.21. The van der Waals surface area contributed by atoms with Crippen molar-refractivity contribution in [1.82, 2.24) is 9.55 Å². The Balaban J connectivity index is 1.40. The van der Waals surface area contributed by atoms with Crippen molar-refractivity contribution in [2.45, 2.75) is 17.5 Å². The van der Waals surface area contributed by atoms with Gasteiger partial charge in [-0.2, -0.15) is 0 Å². The van der Waals surface area contributed by atoms with Crippen LogP contribution in [0.25, 0.3) is 33.1 Å². The summed E-state index contributed by atoms with van der Waals surface area (Å²) in [5.74, 6) is 0.537. The number of fused-ring (bicyclic) bond motifs is 2. The number of hydrogen-bond donors (Lipinski definition) is 1. The normalized spacial score (nSPS) is 12.5. The molecule has 5 aromatic rings. The number of hydrogen-bond acceptors (Lipinski definition) is 3. The van der Waals surface area contributed by atoms with Crippen molar-refractivity contribution >= 4 is 68.4 Å². The van der Waals surface area contributed by atoms with Crippen LogP contribution in [0, 0.1) is 0 Å². The Kier molecular flexibility index (Phi) is 6.55. The molecule has 3 aromatic carbocycles. The molecule has 2 aromatic heterocycles. The van der Waals surface area contributed by atoms with Crippen LogP contribution in [0.3, 0.4) is 0 Å². The summed E-state index contributed by atoms with van der Waals surface area (Å²) in [6.07, 6.45) is 1.45. The van der Waals surface area contributed by atoms with Crippen LogP contribution >= 0.6 is 46.6 Å². The van der Waals surface area contributed by atoms with E-state index in [1.807, 2.05) is 72.9 Å². The number of aliphatic hydroxyl groups excluding tert-OH is 1. The molecule has 33 heavy (non-hydrogen) atoms. The van der Waals surface area contributed by atoms with E-state index in [1.54, 1.807) is 17.8 Å². The molecule has 0 aliphatic carbocycles. The maximum Gasteiger partial charge on any atom is 0.0812 e. The van der Waals surface area contributed by atoms with Crippen LogP contribution in [0.4, 0.5) is 0 Å². The first-order valence-corrected chi connectivity index (χ1v) is 12.5. The molecule has 0 saturated carbocycles. The standard InChI is InChI=1S/C26H19Cl3N2OS/c27-17-6-8-25-16(11-17)9-10-31(25)14-19(32)15-33-26-13-24(20-7-5-18(28)12-22(20)29)30-23-4-2-1-3-21(23)26/h1-13,19,32H,14-15H2. The number of rotatable bonds is 6. The number of aromatic nitrogens is 2. The Morgan fingerprint density at radius 2 is 1.70 bits per heavy atom. The van der Waals surface area contributed by atoms with Crippen LogP contribution in [0.2, 0.25) is 15.1 Å². The van der Waals surface area contributed by atoms with Gasteiger partial charge in [-0.3, -0.25) is 0 Å². The van der Waals surface area contributed by atoms with Crippen LogP contribution < -0.4 is 0 Å². The highest BCUT2D eigenvalue weighted by Gasteiger charge is 2.14. The molecule has 1 N–H and O–H groups in total. The Morgan fingerprint density at radius 1 is 0.909 bits per heavy atom. The average molecular weight is 514 g/mol. The molecule has 0 aliphatic heterocycles. The zero-order valence-corrected chi connectivity index (χ0v) is 20.5. The van der Waals surface area contributed by atoms with Crippen LogP contribution in [0.15, 0.2) is 83.9 Å². The largest absolute Gasteiger partial charge is 0.390 e. The van der Waals surface area contributed by atoms with Gasteiger partial charge in [-0.05, 0) is 54.6 Å². The fourth-order valence-corrected chi connectivity index (χ4v) is 5.58. The van der Waals surface area contributed by atoms with E-state index in [-0.39, 0.29) is 0 Å². The van der Waals surface area contributed by atoms with Gasteiger partial charge in [0.25, 0.3) is 0 Å². The number of thioether (sulfide) groups is 1. The van der Waals surface area contributed by atoms with Crippen LogP contribution in [0.5, 0.6) is 0 Å². The predicted octanol–water partition coefficient (Wildman–Crippen LogP) is 7.97. The molecular formula is C26H19Cl3N2OS. The first kappa shape index (κ1) is 22.6. The fraction of sp³-hybridized carbons (Fsp3) is 0.115. The Labute approximate surface area is 210 Å². The lowest BCUT2D eigenvalue weighted by atomic mass is 10.1. The minimum atomic E-state index is -0.532. The first-order valence-electron chi connectivity index (χ1n) is 10.4. The van der Waals surface area contributed by atoms with Crippen molar-refractivity contribution in [2.24, 2.45) is 0 Å². The quantitative estimate of drug-likeness (QED) is 0.234. The SMILES string of the molecule is OC(CSc1cc(-c2ccc(Cl)cc2Cl)nc2ccccc12)Cn1ccc2cc(Cl)ccc21. The van der Waals surface area contributed by atoms with E-state index >= 15 is 0 Å². The number of halogens is 3. The maximum absolute atomic E-state index is 10.8. The molecule has 0 spiro atoms. The monoisotopic (exact) mass is 512 g/mol. The van der Waals surface area contributed by atoms with Crippen molar-refractivity contribution in [3.8, 4) is 11.3 Å². The minimum absolute atomic E-state index is 0.497. The third kappa shape index (κ3) is 4.86. The lowest BCUT2D eigenvalue weighted by Crippen LogP contribution is -2.17. The molecule has 5 rings (SSSR count). The summed E-state index contributed by atoms with van der Waals surface area (Å²) < 4.78 is 2.06. The summed E-state index contributed by atoms with van der Waals surface area (Å²) in [5.41, 5.74) is 3.54. The number of para-hydroxylation sites is 1. The molecule has 0 bridgehead atoms. The molecule has 0 aliphatic rings. The van der Waals surface area contributed by atoms with Gasteiger partial charge in [0.15, 0.2) is 0 Å². The van der Waals surface area contributed by atoms with Gasteiger partial charge in [0, 0.05) is 55.3 Å². The zero-order valence-electron chi connectivity index (χ0n) is 17.4. The molecule has 3 nitrogen and oxygen atoms in total. The van der Waals surface area contributed by atoms with Crippen molar-refractivity contribution in [1.29, 1.82) is 0 Å². The second-order valence-corrected chi connectivity index (χ2v) is 10.1. The number of aliphatic hydroxyl groups is 1. The highest BCUT2D eigenvalue weighted by molar-refractivity contribution is 7.99. The number of pyridine rings is 1. The topological polar surface area (TPSA) is 38.1 Å². The molecule has 1 unspecified atom stereocenters. The van der Waals surface area contributed by atoms with Gasteiger partial charge >= 0.3 is 0 Å². The third-order valence-corrected chi connectivity index (χ3v) is 7.44. The maximum atomic E-state index is 10.8. The molecule has 166 valence electrons. The molecule has 0 radical (unpaired) electrons. The molecule has 1 atom stereocenters. The molecule has 7 heteroatoms. The fourth-order valence-electron chi connectivity index (χ4n) is 3.89. The van der Waals surface area contributed by atoms with Crippen LogP contribution in [-0.4, -0.2) is 26.5 Å². The third-order valence-electron chi connectivity index (χ3n) is 5.46. The van der Waals surface area contributed by atoms with Gasteiger partial charge in [0.1, 0.15) is 0 Å². The van der Waals surface area contributed by atoms with Crippen molar-refractivity contribution in [2.75, 3.05) is 5.75 Å². The van der Waals surface area contributed by atoms with Gasteiger partial charge in [-0.25, -0.2) is 4.98 Å². The first-order chi connectivity index (χ1) is 16.0. The van der Waals surface area contributed by atoms with Gasteiger partial charge in [-0.1, -0.05) is 53.0 Å². The lowest BCUT2D eigenvalue weighted by Gasteiger charge is -2.15. The highest BCUT2D eigenvalue weighted by Crippen LogP contribution is 2.35. The van der Waals surface area contributed by atoms with E-state index in [4.69, 9.17) is 39.8 Å². The molecule has 0 saturated heterocycles. The molecular weight excluding hydrogens is 495 g/mol. The average Bonchev–Trinajstić information content (AvgIpc) is 3.18. The minimum Gasteiger partial charge on any atom is -0.390 e. The number of nitrogens with zero attached hydrogens (tertiary/aromatic N) is 2. The van der Waals surface area contributed by atoms with E-state index in [0.717, 1.165) is 38.0 Å². The Bertz CT molecular complexity index is 1470. The molecule has 0 amide bonds. The predicted molar refractivity (Wildman–Crippen MR) is 141 cm³/mol. The summed E-state index contributed by atoms with van der Waals surface area (Å²) >= 11 is 20.2. The molecule has 0 fully saturated rings. The van der Waals surface area contributed by atoms with E-state index in [9.17, 15) is 5.11 Å². The summed E-state index contributed by atoms with van der Waals surface area (Å²) in [5, 5.41) is 14.8. The van der Waals surface area contributed by atoms with Crippen molar-refractivity contribution < 1.29 is 5.11 Å². The van der Waals surface area contributed by atoms with Crippen molar-refractivity contribution in [3.05, 3.63) is 94.1 Å². The van der Waals surface area contributed by atoms with E-state index in [1.165, 1.54) is 0 Å². The Morgan fingerprint density at radius 3 is 2.55 bits per heavy atom. The summed E-state index contributed by atoms with van der Waals surface area (Å²) in [6.45, 7) is 0.497. The van der Waals surface area contributed by atoms with Crippen LogP contribution in [-0.2, 0) is 6.54 Å². The van der Waals surface area contributed by atoms with Gasteiger partial charge < -0.3 is 9.67 Å². The smallest absolute Gasteiger partial charge is 0.0812 e. The summed E-state index contributed by atoms with van der Waals surface area (Å²) in [6, 6.07) is 23.2. The van der Waals surface area contributed by atoms with Gasteiger partial charge in [0.2, 0.25) is 0 Å². The second-order valence-electron chi connectivity index (χ2n) is 7.78. The van der Waals surface area contributed by atoms with Gasteiger partial charge in [0.05, 0.1) is 22.3 Å². The van der Waals surface area contributed by atoms with Crippen molar-refractivity contribution in [3.63, 3.8) is 0 Å². The number of benzene rings is 3. The second kappa shape index (κ2) is 9.57. The summed E-state index contributed by atoms with van der Waals surface area (Å²) in [4.78, 5) is 5.85. The van der Waals surface area contributed by atoms with E-state index in [0.29, 0.717) is 27.4 Å². The molecule has 2 heterocycles. The van der Waals surface area contributed by atoms with Crippen LogP contribution in [0.1, 0.15) is 0 Å².